The van der Waals surface area contributed by atoms with E-state index in [9.17, 15) is 9.18 Å². The third-order valence-electron chi connectivity index (χ3n) is 3.83. The van der Waals surface area contributed by atoms with Crippen LogP contribution < -0.4 is 0 Å². The van der Waals surface area contributed by atoms with E-state index in [0.717, 1.165) is 22.2 Å². The number of aromatic nitrogens is 1. The molecule has 0 N–H and O–H groups in total. The van der Waals surface area contributed by atoms with Gasteiger partial charge < -0.3 is 4.74 Å². The highest BCUT2D eigenvalue weighted by Crippen LogP contribution is 2.26. The smallest absolute Gasteiger partial charge is 0.306 e. The molecule has 0 fully saturated rings. The average Bonchev–Trinajstić information content (AvgIpc) is 2.60. The number of aryl methyl sites for hydroxylation is 1. The number of benzene rings is 2. The second-order valence-corrected chi connectivity index (χ2v) is 5.50. The van der Waals surface area contributed by atoms with Gasteiger partial charge in [0, 0.05) is 23.4 Å². The van der Waals surface area contributed by atoms with Crippen LogP contribution >= 0.6 is 0 Å². The Bertz CT molecular complexity index is 862. The van der Waals surface area contributed by atoms with Crippen LogP contribution in [-0.2, 0) is 16.0 Å². The highest BCUT2D eigenvalue weighted by atomic mass is 19.1. The topological polar surface area (TPSA) is 39.2 Å². The second kappa shape index (κ2) is 7.21. The maximum atomic E-state index is 13.6. The minimum atomic E-state index is -0.323. The Morgan fingerprint density at radius 2 is 1.92 bits per heavy atom. The maximum absolute atomic E-state index is 13.6. The van der Waals surface area contributed by atoms with E-state index < -0.39 is 0 Å². The predicted molar refractivity (Wildman–Crippen MR) is 92.1 cm³/mol. The molecular formula is C20H18FNO2. The first kappa shape index (κ1) is 16.1. The number of nitrogens with zero attached hydrogens (tertiary/aromatic N) is 1. The van der Waals surface area contributed by atoms with Gasteiger partial charge in [0.1, 0.15) is 5.82 Å². The molecule has 2 aromatic carbocycles. The molecule has 1 aromatic heterocycles. The highest BCUT2D eigenvalue weighted by molar-refractivity contribution is 5.85. The van der Waals surface area contributed by atoms with Crippen LogP contribution in [0.2, 0.25) is 0 Å². The van der Waals surface area contributed by atoms with Crippen molar-refractivity contribution in [1.29, 1.82) is 0 Å². The molecule has 0 spiro atoms. The molecule has 0 atom stereocenters. The van der Waals surface area contributed by atoms with Crippen LogP contribution in [0.5, 0.6) is 0 Å². The second-order valence-electron chi connectivity index (χ2n) is 5.50. The lowest BCUT2D eigenvalue weighted by Gasteiger charge is -2.10. The zero-order chi connectivity index (χ0) is 16.9. The van der Waals surface area contributed by atoms with Crippen molar-refractivity contribution in [3.05, 3.63) is 66.0 Å². The number of hydrogen-bond donors (Lipinski definition) is 0. The third-order valence-corrected chi connectivity index (χ3v) is 3.83. The van der Waals surface area contributed by atoms with Crippen LogP contribution in [-0.4, -0.2) is 17.6 Å². The molecule has 0 aliphatic heterocycles. The van der Waals surface area contributed by atoms with Crippen molar-refractivity contribution in [1.82, 2.24) is 4.98 Å². The monoisotopic (exact) mass is 323 g/mol. The van der Waals surface area contributed by atoms with Gasteiger partial charge in [-0.05, 0) is 37.1 Å². The predicted octanol–water partition coefficient (Wildman–Crippen LogP) is 4.54. The summed E-state index contributed by atoms with van der Waals surface area (Å²) in [6.07, 6.45) is 0.821. The van der Waals surface area contributed by atoms with Crippen molar-refractivity contribution in [2.75, 3.05) is 6.61 Å². The van der Waals surface area contributed by atoms with Gasteiger partial charge in [-0.2, -0.15) is 0 Å². The van der Waals surface area contributed by atoms with Gasteiger partial charge in [0.05, 0.1) is 17.8 Å². The normalized spacial score (nSPS) is 10.8. The third kappa shape index (κ3) is 3.59. The quantitative estimate of drug-likeness (QED) is 0.647. The van der Waals surface area contributed by atoms with Gasteiger partial charge in [0.15, 0.2) is 0 Å². The van der Waals surface area contributed by atoms with Crippen LogP contribution in [0.4, 0.5) is 4.39 Å². The van der Waals surface area contributed by atoms with Gasteiger partial charge in [0.25, 0.3) is 0 Å². The summed E-state index contributed by atoms with van der Waals surface area (Å²) in [5.74, 6) is -0.553. The number of rotatable bonds is 5. The van der Waals surface area contributed by atoms with Crippen molar-refractivity contribution in [3.8, 4) is 11.3 Å². The summed E-state index contributed by atoms with van der Waals surface area (Å²) in [5, 5.41) is 0.861. The van der Waals surface area contributed by atoms with Gasteiger partial charge in [-0.25, -0.2) is 9.37 Å². The lowest BCUT2D eigenvalue weighted by atomic mass is 10.0. The standard InChI is InChI=1S/C20H18FNO2/c1-2-24-20(23)11-8-15-12-18(14-6-4-3-5-7-14)22-19-13-16(21)9-10-17(15)19/h3-7,9-10,12-13H,2,8,11H2,1H3. The number of ether oxygens (including phenoxy) is 1. The fourth-order valence-electron chi connectivity index (χ4n) is 2.71. The van der Waals surface area contributed by atoms with Crippen molar-refractivity contribution in [2.24, 2.45) is 0 Å². The zero-order valence-corrected chi connectivity index (χ0v) is 13.5. The van der Waals surface area contributed by atoms with Crippen LogP contribution in [0, 0.1) is 5.82 Å². The zero-order valence-electron chi connectivity index (χ0n) is 13.5. The van der Waals surface area contributed by atoms with E-state index in [1.807, 2.05) is 36.4 Å². The molecule has 1 heterocycles. The average molecular weight is 323 g/mol. The number of carbonyl (C=O) groups is 1. The van der Waals surface area contributed by atoms with Crippen molar-refractivity contribution < 1.29 is 13.9 Å². The number of fused-ring (bicyclic) bond motifs is 1. The molecular weight excluding hydrogens is 305 g/mol. The first-order valence-electron chi connectivity index (χ1n) is 7.97. The van der Waals surface area contributed by atoms with E-state index >= 15 is 0 Å². The van der Waals surface area contributed by atoms with E-state index in [1.165, 1.54) is 12.1 Å². The molecule has 0 bridgehead atoms. The first-order chi connectivity index (χ1) is 11.7. The fourth-order valence-corrected chi connectivity index (χ4v) is 2.71. The number of pyridine rings is 1. The SMILES string of the molecule is CCOC(=O)CCc1cc(-c2ccccc2)nc2cc(F)ccc12. The summed E-state index contributed by atoms with van der Waals surface area (Å²) < 4.78 is 18.6. The van der Waals surface area contributed by atoms with Gasteiger partial charge >= 0.3 is 5.97 Å². The van der Waals surface area contributed by atoms with Crippen LogP contribution in [0.15, 0.2) is 54.6 Å². The summed E-state index contributed by atoms with van der Waals surface area (Å²) in [6.45, 7) is 2.16. The Morgan fingerprint density at radius 1 is 1.12 bits per heavy atom. The van der Waals surface area contributed by atoms with E-state index in [-0.39, 0.29) is 11.8 Å². The summed E-state index contributed by atoms with van der Waals surface area (Å²) in [7, 11) is 0. The lowest BCUT2D eigenvalue weighted by Crippen LogP contribution is -2.05. The number of halogens is 1. The molecule has 3 rings (SSSR count). The molecule has 0 aliphatic carbocycles. The van der Waals surface area contributed by atoms with E-state index in [0.29, 0.717) is 25.0 Å². The van der Waals surface area contributed by atoms with E-state index in [2.05, 4.69) is 4.98 Å². The molecule has 24 heavy (non-hydrogen) atoms. The van der Waals surface area contributed by atoms with E-state index in [4.69, 9.17) is 4.74 Å². The van der Waals surface area contributed by atoms with Gasteiger partial charge in [-0.1, -0.05) is 30.3 Å². The molecule has 122 valence electrons. The van der Waals surface area contributed by atoms with Gasteiger partial charge in [-0.15, -0.1) is 0 Å². The molecule has 0 amide bonds. The largest absolute Gasteiger partial charge is 0.466 e. The van der Waals surface area contributed by atoms with Crippen molar-refractivity contribution in [2.45, 2.75) is 19.8 Å². The fraction of sp³-hybridized carbons (Fsp3) is 0.200. The lowest BCUT2D eigenvalue weighted by molar-refractivity contribution is -0.143. The molecule has 0 saturated carbocycles. The van der Waals surface area contributed by atoms with Crippen LogP contribution in [0.1, 0.15) is 18.9 Å². The Morgan fingerprint density at radius 3 is 2.67 bits per heavy atom. The first-order valence-corrected chi connectivity index (χ1v) is 7.97. The summed E-state index contributed by atoms with van der Waals surface area (Å²) in [4.78, 5) is 16.2. The molecule has 0 radical (unpaired) electrons. The Balaban J connectivity index is 2.03. The van der Waals surface area contributed by atoms with Crippen LogP contribution in [0.25, 0.3) is 22.2 Å². The molecule has 0 aliphatic rings. The van der Waals surface area contributed by atoms with Gasteiger partial charge in [-0.3, -0.25) is 4.79 Å². The minimum absolute atomic E-state index is 0.231. The number of esters is 1. The van der Waals surface area contributed by atoms with Crippen LogP contribution in [0.3, 0.4) is 0 Å². The van der Waals surface area contributed by atoms with Crippen molar-refractivity contribution >= 4 is 16.9 Å². The molecule has 0 unspecified atom stereocenters. The number of carbonyl (C=O) groups excluding carboxylic acids is 1. The highest BCUT2D eigenvalue weighted by Gasteiger charge is 2.11. The summed E-state index contributed by atoms with van der Waals surface area (Å²) >= 11 is 0. The number of hydrogen-bond acceptors (Lipinski definition) is 3. The van der Waals surface area contributed by atoms with Crippen molar-refractivity contribution in [3.63, 3.8) is 0 Å². The molecule has 0 saturated heterocycles. The van der Waals surface area contributed by atoms with E-state index in [1.54, 1.807) is 13.0 Å². The molecule has 3 nitrogen and oxygen atoms in total. The molecule has 3 aromatic rings. The Hall–Kier alpha value is -2.75. The summed E-state index contributed by atoms with van der Waals surface area (Å²) in [6, 6.07) is 16.3. The van der Waals surface area contributed by atoms with Gasteiger partial charge in [0.2, 0.25) is 0 Å². The Labute approximate surface area is 140 Å². The minimum Gasteiger partial charge on any atom is -0.466 e. The summed E-state index contributed by atoms with van der Waals surface area (Å²) in [5.41, 5.74) is 3.29. The molecule has 4 heteroatoms. The Kier molecular flexibility index (Phi) is 4.85. The maximum Gasteiger partial charge on any atom is 0.306 e.